The smallest absolute Gasteiger partial charge is 0.320 e. The molecule has 1 rings (SSSR count). The molecule has 0 amide bonds. The molecule has 92 valence electrons. The van der Waals surface area contributed by atoms with Gasteiger partial charge in [-0.25, -0.2) is 0 Å². The van der Waals surface area contributed by atoms with Gasteiger partial charge in [-0.3, -0.25) is 4.79 Å². The minimum Gasteiger partial charge on any atom is -0.480 e. The number of aliphatic carboxylic acids is 1. The van der Waals surface area contributed by atoms with Gasteiger partial charge in [0, 0.05) is 12.0 Å². The summed E-state index contributed by atoms with van der Waals surface area (Å²) in [4.78, 5) is 13.2. The van der Waals surface area contributed by atoms with Gasteiger partial charge < -0.3 is 10.8 Å². The van der Waals surface area contributed by atoms with E-state index in [0.717, 1.165) is 12.1 Å². The zero-order chi connectivity index (χ0) is 10.7. The van der Waals surface area contributed by atoms with E-state index in [4.69, 9.17) is 10.8 Å². The lowest BCUT2D eigenvalue weighted by atomic mass is 10.1. The van der Waals surface area contributed by atoms with Gasteiger partial charge in [0.15, 0.2) is 0 Å². The van der Waals surface area contributed by atoms with Crippen molar-refractivity contribution in [2.24, 2.45) is 5.73 Å². The van der Waals surface area contributed by atoms with E-state index in [9.17, 15) is 13.6 Å². The average molecular weight is 275 g/mol. The molecule has 1 atom stereocenters. The topological polar surface area (TPSA) is 76.2 Å². The van der Waals surface area contributed by atoms with E-state index in [1.807, 2.05) is 0 Å². The van der Waals surface area contributed by atoms with Crippen LogP contribution in [-0.2, 0) is 11.2 Å². The first-order valence-electron chi connectivity index (χ1n) is 3.80. The van der Waals surface area contributed by atoms with E-state index in [1.165, 1.54) is 0 Å². The Morgan fingerprint density at radius 1 is 1.44 bits per heavy atom. The third-order valence-electron chi connectivity index (χ3n) is 1.65. The van der Waals surface area contributed by atoms with E-state index < -0.39 is 23.9 Å². The molecule has 0 aliphatic heterocycles. The van der Waals surface area contributed by atoms with Crippen LogP contribution >= 0.6 is 24.8 Å². The summed E-state index contributed by atoms with van der Waals surface area (Å²) in [6.45, 7) is 0. The first-order valence-corrected chi connectivity index (χ1v) is 3.80. The molecule has 3 N–H and O–H groups in total. The lowest BCUT2D eigenvalue weighted by Crippen LogP contribution is -2.32. The van der Waals surface area contributed by atoms with Crippen molar-refractivity contribution in [2.45, 2.75) is 12.5 Å². The molecule has 4 nitrogen and oxygen atoms in total. The van der Waals surface area contributed by atoms with Crippen molar-refractivity contribution >= 4 is 30.8 Å². The van der Waals surface area contributed by atoms with Crippen LogP contribution in [0.15, 0.2) is 12.1 Å². The van der Waals surface area contributed by atoms with Gasteiger partial charge in [-0.15, -0.1) is 24.8 Å². The van der Waals surface area contributed by atoms with Crippen LogP contribution in [0.25, 0.3) is 0 Å². The van der Waals surface area contributed by atoms with Crippen LogP contribution in [0.1, 0.15) is 5.56 Å². The molecule has 0 saturated carbocycles. The zero-order valence-corrected chi connectivity index (χ0v) is 9.52. The molecule has 16 heavy (non-hydrogen) atoms. The monoisotopic (exact) mass is 274 g/mol. The third-order valence-corrected chi connectivity index (χ3v) is 1.65. The highest BCUT2D eigenvalue weighted by molar-refractivity contribution is 5.85. The Morgan fingerprint density at radius 3 is 2.44 bits per heavy atom. The van der Waals surface area contributed by atoms with Crippen LogP contribution < -0.4 is 5.73 Å². The van der Waals surface area contributed by atoms with Crippen LogP contribution in [0.3, 0.4) is 0 Å². The van der Waals surface area contributed by atoms with Crippen molar-refractivity contribution in [2.75, 3.05) is 0 Å². The Kier molecular flexibility index (Phi) is 7.97. The number of carboxylic acids is 1. The molecule has 0 aliphatic rings. The van der Waals surface area contributed by atoms with Crippen LogP contribution in [0.5, 0.6) is 0 Å². The number of aromatic nitrogens is 1. The molecule has 0 fully saturated rings. The molecule has 1 aromatic rings. The number of carboxylic acid groups (broad SMARTS) is 1. The van der Waals surface area contributed by atoms with Gasteiger partial charge >= 0.3 is 5.97 Å². The average Bonchev–Trinajstić information content (AvgIpc) is 2.09. The molecule has 0 radical (unpaired) electrons. The number of hydrogen-bond acceptors (Lipinski definition) is 3. The summed E-state index contributed by atoms with van der Waals surface area (Å²) < 4.78 is 25.2. The molecule has 0 aromatic carbocycles. The first kappa shape index (κ1) is 17.4. The molecule has 1 aromatic heterocycles. The van der Waals surface area contributed by atoms with E-state index in [2.05, 4.69) is 4.98 Å². The Balaban J connectivity index is 0. The molecular formula is C8H10Cl2F2N2O2. The van der Waals surface area contributed by atoms with Gasteiger partial charge in [-0.2, -0.15) is 13.8 Å². The van der Waals surface area contributed by atoms with Gasteiger partial charge in [0.1, 0.15) is 6.04 Å². The molecular weight excluding hydrogens is 265 g/mol. The number of nitrogens with two attached hydrogens (primary N) is 1. The molecule has 1 heterocycles. The second kappa shape index (κ2) is 7.32. The fourth-order valence-electron chi connectivity index (χ4n) is 0.917. The maximum Gasteiger partial charge on any atom is 0.320 e. The second-order valence-electron chi connectivity index (χ2n) is 2.73. The number of carbonyl (C=O) groups is 1. The van der Waals surface area contributed by atoms with E-state index in [-0.39, 0.29) is 36.8 Å². The quantitative estimate of drug-likeness (QED) is 0.811. The van der Waals surface area contributed by atoms with E-state index in [0.29, 0.717) is 0 Å². The van der Waals surface area contributed by atoms with Gasteiger partial charge in [-0.05, 0) is 12.1 Å². The SMILES string of the molecule is Cl.Cl.NC(Cc1ccc(F)nc1F)C(=O)O. The highest BCUT2D eigenvalue weighted by atomic mass is 35.5. The summed E-state index contributed by atoms with van der Waals surface area (Å²) in [5, 5.41) is 8.45. The predicted molar refractivity (Wildman–Crippen MR) is 58.0 cm³/mol. The highest BCUT2D eigenvalue weighted by Crippen LogP contribution is 2.07. The fourth-order valence-corrected chi connectivity index (χ4v) is 0.917. The number of rotatable bonds is 3. The Labute approximate surface area is 103 Å². The molecule has 0 bridgehead atoms. The number of hydrogen-bond donors (Lipinski definition) is 2. The molecule has 8 heteroatoms. The summed E-state index contributed by atoms with van der Waals surface area (Å²) in [7, 11) is 0. The van der Waals surface area contributed by atoms with Crippen LogP contribution in [0.4, 0.5) is 8.78 Å². The summed E-state index contributed by atoms with van der Waals surface area (Å²) >= 11 is 0. The third kappa shape index (κ3) is 4.69. The summed E-state index contributed by atoms with van der Waals surface area (Å²) in [5.74, 6) is -3.22. The Bertz CT molecular complexity index is 366. The van der Waals surface area contributed by atoms with Gasteiger partial charge in [0.25, 0.3) is 0 Å². The number of nitrogens with zero attached hydrogens (tertiary/aromatic N) is 1. The normalized spacial score (nSPS) is 10.9. The Hall–Kier alpha value is -0.980. The predicted octanol–water partition coefficient (Wildman–Crippen LogP) is 1.16. The van der Waals surface area contributed by atoms with Gasteiger partial charge in [0.2, 0.25) is 11.9 Å². The fraction of sp³-hybridized carbons (Fsp3) is 0.250. The number of halogens is 4. The summed E-state index contributed by atoms with van der Waals surface area (Å²) in [6, 6.07) is 0.866. The first-order chi connectivity index (χ1) is 6.50. The zero-order valence-electron chi connectivity index (χ0n) is 7.89. The summed E-state index contributed by atoms with van der Waals surface area (Å²) in [6.07, 6.45) is -0.214. The standard InChI is InChI=1S/C8H8F2N2O2.2ClH/c9-6-2-1-4(7(10)12-6)3-5(11)8(13)14;;/h1-2,5H,3,11H2,(H,13,14);2*1H. The molecule has 0 spiro atoms. The van der Waals surface area contributed by atoms with Crippen LogP contribution in [0, 0.1) is 11.9 Å². The maximum absolute atomic E-state index is 12.9. The van der Waals surface area contributed by atoms with Crippen LogP contribution in [0.2, 0.25) is 0 Å². The van der Waals surface area contributed by atoms with Crippen molar-refractivity contribution in [1.29, 1.82) is 0 Å². The van der Waals surface area contributed by atoms with Crippen molar-refractivity contribution in [3.63, 3.8) is 0 Å². The second-order valence-corrected chi connectivity index (χ2v) is 2.73. The van der Waals surface area contributed by atoms with Gasteiger partial charge in [-0.1, -0.05) is 0 Å². The van der Waals surface area contributed by atoms with Crippen LogP contribution in [-0.4, -0.2) is 22.1 Å². The lowest BCUT2D eigenvalue weighted by Gasteiger charge is -2.06. The maximum atomic E-state index is 12.9. The summed E-state index contributed by atoms with van der Waals surface area (Å²) in [5.41, 5.74) is 5.16. The Morgan fingerprint density at radius 2 is 2.00 bits per heavy atom. The van der Waals surface area contributed by atoms with Crippen molar-refractivity contribution < 1.29 is 18.7 Å². The minimum absolute atomic E-state index is 0. The van der Waals surface area contributed by atoms with Gasteiger partial charge in [0.05, 0.1) is 0 Å². The number of pyridine rings is 1. The van der Waals surface area contributed by atoms with E-state index >= 15 is 0 Å². The lowest BCUT2D eigenvalue weighted by molar-refractivity contribution is -0.138. The molecule has 1 unspecified atom stereocenters. The largest absolute Gasteiger partial charge is 0.480 e. The van der Waals surface area contributed by atoms with E-state index in [1.54, 1.807) is 0 Å². The molecule has 0 aliphatic carbocycles. The minimum atomic E-state index is -1.24. The van der Waals surface area contributed by atoms with Crippen molar-refractivity contribution in [1.82, 2.24) is 4.98 Å². The van der Waals surface area contributed by atoms with Crippen molar-refractivity contribution in [3.05, 3.63) is 29.6 Å². The highest BCUT2D eigenvalue weighted by Gasteiger charge is 2.15. The molecule has 0 saturated heterocycles. The van der Waals surface area contributed by atoms with Crippen molar-refractivity contribution in [3.8, 4) is 0 Å².